The lowest BCUT2D eigenvalue weighted by atomic mass is 10.3. The molecule has 2 heterocycles. The Hall–Kier alpha value is -1.32. The molecular formula is C13H18ClF3N4O2. The van der Waals surface area contributed by atoms with Crippen LogP contribution in [0.5, 0.6) is 0 Å². The number of halogens is 4. The van der Waals surface area contributed by atoms with Crippen LogP contribution in [0.4, 0.5) is 13.2 Å². The molecular weight excluding hydrogens is 337 g/mol. The number of hydrogen-bond acceptors (Lipinski definition) is 4. The summed E-state index contributed by atoms with van der Waals surface area (Å²) in [7, 11) is 1.10. The van der Waals surface area contributed by atoms with E-state index in [1.165, 1.54) is 0 Å². The largest absolute Gasteiger partial charge is 0.434 e. The highest BCUT2D eigenvalue weighted by Crippen LogP contribution is 2.35. The molecule has 1 N–H and O–H groups in total. The number of nitrogens with one attached hydrogen (secondary N) is 1. The number of rotatable bonds is 5. The Labute approximate surface area is 136 Å². The lowest BCUT2D eigenvalue weighted by Crippen LogP contribution is -2.38. The minimum absolute atomic E-state index is 0.338. The van der Waals surface area contributed by atoms with Gasteiger partial charge in [0.2, 0.25) is 0 Å². The van der Waals surface area contributed by atoms with E-state index in [4.69, 9.17) is 16.3 Å². The summed E-state index contributed by atoms with van der Waals surface area (Å²) in [5, 5.41) is 5.44. The number of hydrogen-bond donors (Lipinski definition) is 1. The molecule has 1 aromatic rings. The monoisotopic (exact) mass is 354 g/mol. The molecule has 0 saturated carbocycles. The molecule has 10 heteroatoms. The van der Waals surface area contributed by atoms with Crippen molar-refractivity contribution in [3.63, 3.8) is 0 Å². The summed E-state index contributed by atoms with van der Waals surface area (Å²) >= 11 is 5.66. The van der Waals surface area contributed by atoms with E-state index in [1.807, 2.05) is 0 Å². The normalized spacial score (nSPS) is 16.6. The van der Waals surface area contributed by atoms with Crippen LogP contribution in [0.3, 0.4) is 0 Å². The van der Waals surface area contributed by atoms with Gasteiger partial charge in [-0.15, -0.1) is 0 Å². The van der Waals surface area contributed by atoms with Crippen LogP contribution in [0.15, 0.2) is 0 Å². The molecule has 6 nitrogen and oxygen atoms in total. The second-order valence-electron chi connectivity index (χ2n) is 5.20. The molecule has 1 aliphatic rings. The maximum atomic E-state index is 12.8. The first-order valence-electron chi connectivity index (χ1n) is 7.18. The highest BCUT2D eigenvalue weighted by molar-refractivity contribution is 6.34. The third-order valence-corrected chi connectivity index (χ3v) is 3.87. The number of amides is 1. The average Bonchev–Trinajstić information content (AvgIpc) is 2.79. The van der Waals surface area contributed by atoms with Crippen molar-refractivity contribution in [2.24, 2.45) is 7.05 Å². The van der Waals surface area contributed by atoms with Crippen LogP contribution in [0, 0.1) is 0 Å². The van der Waals surface area contributed by atoms with Crippen molar-refractivity contribution in [3.8, 4) is 0 Å². The van der Waals surface area contributed by atoms with Crippen molar-refractivity contribution in [1.82, 2.24) is 20.0 Å². The molecule has 0 aromatic carbocycles. The SMILES string of the molecule is Cn1nc(C(=O)NCCCN2CCOCC2)c(Cl)c1C(F)(F)F. The molecule has 0 unspecified atom stereocenters. The summed E-state index contributed by atoms with van der Waals surface area (Å²) in [5.41, 5.74) is -1.54. The number of aryl methyl sites for hydroxylation is 1. The minimum atomic E-state index is -4.66. The Bertz CT molecular complexity index is 556. The molecule has 2 rings (SSSR count). The van der Waals surface area contributed by atoms with Crippen LogP contribution in [0.25, 0.3) is 0 Å². The van der Waals surface area contributed by atoms with Crippen LogP contribution in [0.2, 0.25) is 5.02 Å². The van der Waals surface area contributed by atoms with Crippen LogP contribution in [0.1, 0.15) is 22.6 Å². The third-order valence-electron chi connectivity index (χ3n) is 3.51. The van der Waals surface area contributed by atoms with Gasteiger partial charge in [-0.25, -0.2) is 0 Å². The van der Waals surface area contributed by atoms with E-state index in [0.29, 0.717) is 30.9 Å². The average molecular weight is 355 g/mol. The maximum absolute atomic E-state index is 12.8. The predicted molar refractivity (Wildman–Crippen MR) is 77.4 cm³/mol. The maximum Gasteiger partial charge on any atom is 0.434 e. The highest BCUT2D eigenvalue weighted by atomic mass is 35.5. The molecule has 1 fully saturated rings. The standard InChI is InChI=1S/C13H18ClF3N4O2/c1-20-11(13(15,16)17)9(14)10(19-20)12(22)18-3-2-4-21-5-7-23-8-6-21/h2-8H2,1H3,(H,18,22). The second kappa shape index (κ2) is 7.50. The summed E-state index contributed by atoms with van der Waals surface area (Å²) in [6.45, 7) is 4.19. The zero-order valence-corrected chi connectivity index (χ0v) is 13.4. The molecule has 0 spiro atoms. The van der Waals surface area contributed by atoms with Gasteiger partial charge in [0.15, 0.2) is 11.4 Å². The zero-order chi connectivity index (χ0) is 17.0. The topological polar surface area (TPSA) is 59.4 Å². The first kappa shape index (κ1) is 18.0. The predicted octanol–water partition coefficient (Wildman–Crippen LogP) is 1.54. The fourth-order valence-corrected chi connectivity index (χ4v) is 2.72. The van der Waals surface area contributed by atoms with Crippen molar-refractivity contribution in [2.75, 3.05) is 39.4 Å². The number of nitrogens with zero attached hydrogens (tertiary/aromatic N) is 3. The van der Waals surface area contributed by atoms with Crippen LogP contribution in [-0.4, -0.2) is 60.0 Å². The van der Waals surface area contributed by atoms with Crippen molar-refractivity contribution in [3.05, 3.63) is 16.4 Å². The van der Waals surface area contributed by atoms with Gasteiger partial charge in [-0.05, 0) is 13.0 Å². The molecule has 0 atom stereocenters. The highest BCUT2D eigenvalue weighted by Gasteiger charge is 2.39. The van der Waals surface area contributed by atoms with E-state index in [0.717, 1.165) is 26.7 Å². The number of alkyl halides is 3. The van der Waals surface area contributed by atoms with Crippen LogP contribution >= 0.6 is 11.6 Å². The van der Waals surface area contributed by atoms with Gasteiger partial charge in [-0.1, -0.05) is 11.6 Å². The smallest absolute Gasteiger partial charge is 0.379 e. The van der Waals surface area contributed by atoms with E-state index in [9.17, 15) is 18.0 Å². The molecule has 1 amide bonds. The van der Waals surface area contributed by atoms with Crippen molar-refractivity contribution < 1.29 is 22.7 Å². The van der Waals surface area contributed by atoms with Gasteiger partial charge in [0, 0.05) is 26.7 Å². The zero-order valence-electron chi connectivity index (χ0n) is 12.6. The second-order valence-corrected chi connectivity index (χ2v) is 5.57. The number of ether oxygens (including phenoxy) is 1. The van der Waals surface area contributed by atoms with Gasteiger partial charge in [0.25, 0.3) is 5.91 Å². The summed E-state index contributed by atoms with van der Waals surface area (Å²) < 4.78 is 44.2. The number of carbonyl (C=O) groups is 1. The van der Waals surface area contributed by atoms with E-state index < -0.39 is 28.5 Å². The Morgan fingerprint density at radius 3 is 2.61 bits per heavy atom. The molecule has 1 aliphatic heterocycles. The van der Waals surface area contributed by atoms with Crippen molar-refractivity contribution in [2.45, 2.75) is 12.6 Å². The van der Waals surface area contributed by atoms with Crippen LogP contribution < -0.4 is 5.32 Å². The summed E-state index contributed by atoms with van der Waals surface area (Å²) in [4.78, 5) is 14.1. The summed E-state index contributed by atoms with van der Waals surface area (Å²) in [5.74, 6) is -0.705. The Kier molecular flexibility index (Phi) is 5.88. The molecule has 1 aromatic heterocycles. The van der Waals surface area contributed by atoms with Gasteiger partial charge in [0.05, 0.1) is 13.2 Å². The molecule has 0 aliphatic carbocycles. The lowest BCUT2D eigenvalue weighted by molar-refractivity contribution is -0.143. The Morgan fingerprint density at radius 1 is 1.39 bits per heavy atom. The fourth-order valence-electron chi connectivity index (χ4n) is 2.36. The summed E-state index contributed by atoms with van der Waals surface area (Å²) in [6.07, 6.45) is -3.98. The van der Waals surface area contributed by atoms with Gasteiger partial charge in [0.1, 0.15) is 5.02 Å². The van der Waals surface area contributed by atoms with E-state index in [2.05, 4.69) is 15.3 Å². The van der Waals surface area contributed by atoms with Crippen LogP contribution in [-0.2, 0) is 18.0 Å². The third kappa shape index (κ3) is 4.58. The van der Waals surface area contributed by atoms with Gasteiger partial charge >= 0.3 is 6.18 Å². The van der Waals surface area contributed by atoms with Gasteiger partial charge in [-0.3, -0.25) is 14.4 Å². The fraction of sp³-hybridized carbons (Fsp3) is 0.692. The first-order chi connectivity index (χ1) is 10.8. The molecule has 0 radical (unpaired) electrons. The number of aromatic nitrogens is 2. The van der Waals surface area contributed by atoms with Gasteiger partial charge < -0.3 is 10.1 Å². The number of carbonyl (C=O) groups excluding carboxylic acids is 1. The molecule has 23 heavy (non-hydrogen) atoms. The first-order valence-corrected chi connectivity index (χ1v) is 7.56. The van der Waals surface area contributed by atoms with E-state index >= 15 is 0 Å². The van der Waals surface area contributed by atoms with Gasteiger partial charge in [-0.2, -0.15) is 18.3 Å². The van der Waals surface area contributed by atoms with Crippen molar-refractivity contribution >= 4 is 17.5 Å². The lowest BCUT2D eigenvalue weighted by Gasteiger charge is -2.26. The van der Waals surface area contributed by atoms with E-state index in [1.54, 1.807) is 0 Å². The summed E-state index contributed by atoms with van der Waals surface area (Å²) in [6, 6.07) is 0. The number of morpholine rings is 1. The molecule has 1 saturated heterocycles. The Balaban J connectivity index is 1.86. The van der Waals surface area contributed by atoms with Crippen molar-refractivity contribution in [1.29, 1.82) is 0 Å². The molecule has 130 valence electrons. The quantitative estimate of drug-likeness (QED) is 0.815. The Morgan fingerprint density at radius 2 is 2.04 bits per heavy atom. The minimum Gasteiger partial charge on any atom is -0.379 e. The molecule has 0 bridgehead atoms. The van der Waals surface area contributed by atoms with E-state index in [-0.39, 0.29) is 0 Å².